The summed E-state index contributed by atoms with van der Waals surface area (Å²) in [4.78, 5) is 10.8. The van der Waals surface area contributed by atoms with Crippen molar-refractivity contribution in [2.45, 2.75) is 6.11 Å². The van der Waals surface area contributed by atoms with Crippen LogP contribution in [0.25, 0.3) is 0 Å². The van der Waals surface area contributed by atoms with Gasteiger partial charge in [-0.1, -0.05) is 0 Å². The minimum Gasteiger partial charge on any atom is -0.423 e. The summed E-state index contributed by atoms with van der Waals surface area (Å²) in [5, 5.41) is 1.86. The van der Waals surface area contributed by atoms with Gasteiger partial charge in [0.25, 0.3) is 0 Å². The minimum absolute atomic E-state index is 0.0789. The van der Waals surface area contributed by atoms with E-state index >= 15 is 0 Å². The Morgan fingerprint density at radius 1 is 1.40 bits per heavy atom. The van der Waals surface area contributed by atoms with Crippen molar-refractivity contribution in [2.24, 2.45) is 0 Å². The Morgan fingerprint density at radius 2 is 2.07 bits per heavy atom. The average Bonchev–Trinajstić information content (AvgIpc) is 2.11. The normalized spacial score (nSPS) is 17.7. The number of carbonyl (C=O) groups excluding carboxylic acids is 1. The van der Waals surface area contributed by atoms with Crippen molar-refractivity contribution in [1.29, 1.82) is 0 Å². The number of fused-ring (bicyclic) bond motifs is 1. The molecule has 1 heterocycles. The van der Waals surface area contributed by atoms with E-state index in [-0.39, 0.29) is 11.4 Å². The number of hydrogen-bond acceptors (Lipinski definition) is 3. The quantitative estimate of drug-likeness (QED) is 0.645. The summed E-state index contributed by atoms with van der Waals surface area (Å²) in [6, 6.07) is 1.70. The van der Waals surface area contributed by atoms with Crippen LogP contribution in [0, 0.1) is 5.82 Å². The average molecular weight is 218 g/mol. The molecule has 4 nitrogen and oxygen atoms in total. The van der Waals surface area contributed by atoms with Crippen LogP contribution in [0.2, 0.25) is 0 Å². The summed E-state index contributed by atoms with van der Waals surface area (Å²) in [5.41, 5.74) is 4.85. The van der Waals surface area contributed by atoms with Gasteiger partial charge < -0.3 is 15.8 Å². The van der Waals surface area contributed by atoms with Crippen molar-refractivity contribution in [1.82, 2.24) is 0 Å². The molecule has 80 valence electrons. The number of nitrogens with two attached hydrogens (primary N) is 1. The maximum absolute atomic E-state index is 12.9. The smallest absolute Gasteiger partial charge is 0.423 e. The number of nitrogens with one attached hydrogen (secondary N) is 1. The van der Waals surface area contributed by atoms with Crippen LogP contribution in [-0.4, -0.2) is 12.0 Å². The van der Waals surface area contributed by atoms with Crippen LogP contribution in [0.3, 0.4) is 0 Å². The van der Waals surface area contributed by atoms with Crippen molar-refractivity contribution in [2.75, 3.05) is 11.1 Å². The third-order valence-corrected chi connectivity index (χ3v) is 1.85. The summed E-state index contributed by atoms with van der Waals surface area (Å²) in [6.45, 7) is 0. The predicted molar refractivity (Wildman–Crippen MR) is 45.0 cm³/mol. The second-order valence-electron chi connectivity index (χ2n) is 2.94. The molecule has 1 aromatic carbocycles. The molecule has 0 bridgehead atoms. The fourth-order valence-electron chi connectivity index (χ4n) is 1.13. The molecule has 0 fully saturated rings. The molecule has 1 aliphatic heterocycles. The molecule has 1 amide bonds. The predicted octanol–water partition coefficient (Wildman–Crippen LogP) is 1.33. The van der Waals surface area contributed by atoms with Crippen LogP contribution < -0.4 is 15.8 Å². The molecule has 0 aromatic heterocycles. The number of carbonyl (C=O) groups is 1. The van der Waals surface area contributed by atoms with Crippen molar-refractivity contribution in [3.05, 3.63) is 17.9 Å². The number of nitrogen functional groups attached to an aromatic ring is 1. The molecule has 0 saturated carbocycles. The largest absolute Gasteiger partial charge is 0.482 e. The lowest BCUT2D eigenvalue weighted by atomic mass is 10.2. The van der Waals surface area contributed by atoms with E-state index in [0.717, 1.165) is 6.07 Å². The first-order chi connectivity index (χ1) is 6.90. The lowest BCUT2D eigenvalue weighted by Crippen LogP contribution is -2.43. The fourth-order valence-corrected chi connectivity index (χ4v) is 1.13. The van der Waals surface area contributed by atoms with Crippen LogP contribution in [0.4, 0.5) is 24.5 Å². The van der Waals surface area contributed by atoms with Crippen molar-refractivity contribution >= 4 is 17.3 Å². The van der Waals surface area contributed by atoms with Gasteiger partial charge in [-0.05, 0) is 6.07 Å². The number of hydrogen-bond donors (Lipinski definition) is 2. The van der Waals surface area contributed by atoms with Gasteiger partial charge in [0.1, 0.15) is 5.82 Å². The first-order valence-electron chi connectivity index (χ1n) is 3.87. The van der Waals surface area contributed by atoms with Crippen LogP contribution in [0.5, 0.6) is 5.75 Å². The number of anilines is 2. The van der Waals surface area contributed by atoms with Gasteiger partial charge in [-0.25, -0.2) is 4.39 Å². The molecule has 0 spiro atoms. The van der Waals surface area contributed by atoms with Crippen molar-refractivity contribution in [3.63, 3.8) is 0 Å². The SMILES string of the molecule is Nc1cc2c(cc1F)OC(F)(F)C(=O)N2. The Morgan fingerprint density at radius 3 is 2.73 bits per heavy atom. The summed E-state index contributed by atoms with van der Waals surface area (Å²) in [7, 11) is 0. The molecule has 0 radical (unpaired) electrons. The van der Waals surface area contributed by atoms with Crippen LogP contribution >= 0.6 is 0 Å². The Kier molecular flexibility index (Phi) is 1.79. The zero-order valence-electron chi connectivity index (χ0n) is 7.18. The first kappa shape index (κ1) is 9.63. The number of benzene rings is 1. The molecular weight excluding hydrogens is 213 g/mol. The van der Waals surface area contributed by atoms with Crippen LogP contribution in [-0.2, 0) is 4.79 Å². The van der Waals surface area contributed by atoms with E-state index < -0.39 is 23.6 Å². The van der Waals surface area contributed by atoms with Gasteiger partial charge in [0.2, 0.25) is 0 Å². The van der Waals surface area contributed by atoms with Gasteiger partial charge in [-0.15, -0.1) is 0 Å². The topological polar surface area (TPSA) is 64.3 Å². The van der Waals surface area contributed by atoms with E-state index in [9.17, 15) is 18.0 Å². The minimum atomic E-state index is -3.99. The molecule has 0 unspecified atom stereocenters. The number of ether oxygens (including phenoxy) is 1. The molecular formula is C8H5F3N2O2. The third-order valence-electron chi connectivity index (χ3n) is 1.85. The fraction of sp³-hybridized carbons (Fsp3) is 0.125. The van der Waals surface area contributed by atoms with Gasteiger partial charge in [-0.2, -0.15) is 8.78 Å². The molecule has 15 heavy (non-hydrogen) atoms. The highest BCUT2D eigenvalue weighted by atomic mass is 19.3. The molecule has 0 atom stereocenters. The summed E-state index contributed by atoms with van der Waals surface area (Å²) in [5.74, 6) is -2.95. The molecule has 1 aliphatic rings. The monoisotopic (exact) mass is 218 g/mol. The Hall–Kier alpha value is -1.92. The van der Waals surface area contributed by atoms with Crippen molar-refractivity contribution < 1.29 is 22.7 Å². The maximum atomic E-state index is 12.9. The van der Waals surface area contributed by atoms with Gasteiger partial charge in [0.15, 0.2) is 5.75 Å². The van der Waals surface area contributed by atoms with E-state index in [1.165, 1.54) is 0 Å². The summed E-state index contributed by atoms with van der Waals surface area (Å²) < 4.78 is 42.4. The lowest BCUT2D eigenvalue weighted by molar-refractivity contribution is -0.189. The Balaban J connectivity index is 2.51. The van der Waals surface area contributed by atoms with E-state index in [1.807, 2.05) is 5.32 Å². The second-order valence-corrected chi connectivity index (χ2v) is 2.94. The second kappa shape index (κ2) is 2.78. The zero-order valence-corrected chi connectivity index (χ0v) is 7.18. The van der Waals surface area contributed by atoms with Gasteiger partial charge >= 0.3 is 12.0 Å². The number of halogens is 3. The maximum Gasteiger partial charge on any atom is 0.482 e. The van der Waals surface area contributed by atoms with Crippen LogP contribution in [0.15, 0.2) is 12.1 Å². The van der Waals surface area contributed by atoms with E-state index in [1.54, 1.807) is 0 Å². The molecule has 3 N–H and O–H groups in total. The number of rotatable bonds is 0. The third kappa shape index (κ3) is 1.45. The van der Waals surface area contributed by atoms with Gasteiger partial charge in [0, 0.05) is 6.07 Å². The van der Waals surface area contributed by atoms with Crippen molar-refractivity contribution in [3.8, 4) is 5.75 Å². The summed E-state index contributed by atoms with van der Waals surface area (Å²) >= 11 is 0. The van der Waals surface area contributed by atoms with E-state index in [2.05, 4.69) is 4.74 Å². The Labute approximate surface area is 81.8 Å². The standard InChI is InChI=1S/C8H5F3N2O2/c9-3-1-6-5(2-4(3)12)13-7(14)8(10,11)15-6/h1-2H,12H2,(H,13,14). The Bertz CT molecular complexity index is 448. The molecule has 7 heteroatoms. The highest BCUT2D eigenvalue weighted by Gasteiger charge is 2.46. The molecule has 2 rings (SSSR count). The highest BCUT2D eigenvalue weighted by molar-refractivity contribution is 5.99. The molecule has 1 aromatic rings. The first-order valence-corrected chi connectivity index (χ1v) is 3.87. The highest BCUT2D eigenvalue weighted by Crippen LogP contribution is 2.37. The lowest BCUT2D eigenvalue weighted by Gasteiger charge is -2.24. The number of amides is 1. The number of alkyl halides is 2. The molecule has 0 saturated heterocycles. The molecule has 0 aliphatic carbocycles. The van der Waals surface area contributed by atoms with E-state index in [0.29, 0.717) is 6.07 Å². The summed E-state index contributed by atoms with van der Waals surface area (Å²) in [6.07, 6.45) is -3.99. The van der Waals surface area contributed by atoms with Gasteiger partial charge in [-0.3, -0.25) is 4.79 Å². The van der Waals surface area contributed by atoms with Gasteiger partial charge in [0.05, 0.1) is 11.4 Å². The van der Waals surface area contributed by atoms with E-state index in [4.69, 9.17) is 5.73 Å². The zero-order chi connectivity index (χ0) is 11.2. The van der Waals surface area contributed by atoms with Crippen LogP contribution in [0.1, 0.15) is 0 Å².